The molecule has 1 aliphatic heterocycles. The topological polar surface area (TPSA) is 46.8 Å². The second-order valence-corrected chi connectivity index (χ2v) is 5.30. The van der Waals surface area contributed by atoms with Crippen molar-refractivity contribution in [3.05, 3.63) is 5.82 Å². The maximum atomic E-state index is 4.20. The Kier molecular flexibility index (Phi) is 3.09. The van der Waals surface area contributed by atoms with Gasteiger partial charge in [-0.05, 0) is 49.1 Å². The molecule has 5 nitrogen and oxygen atoms in total. The van der Waals surface area contributed by atoms with Gasteiger partial charge in [0.1, 0.15) is 0 Å². The zero-order valence-corrected chi connectivity index (χ0v) is 10.5. The standard InChI is InChI=1S/C12H21N5/c1-2-10-5-3-4-8-16(10)9-12-13-14-15-17(12)11-6-7-11/h10-11H,2-9H2,1H3/t10-/m1/s1. The van der Waals surface area contributed by atoms with Crippen LogP contribution in [0.15, 0.2) is 0 Å². The van der Waals surface area contributed by atoms with E-state index in [9.17, 15) is 0 Å². The third-order valence-electron chi connectivity index (χ3n) is 4.02. The van der Waals surface area contributed by atoms with Gasteiger partial charge < -0.3 is 0 Å². The number of likely N-dealkylation sites (tertiary alicyclic amines) is 1. The molecule has 2 aliphatic rings. The molecule has 2 heterocycles. The van der Waals surface area contributed by atoms with Crippen molar-refractivity contribution in [2.45, 2.75) is 64.1 Å². The molecule has 0 unspecified atom stereocenters. The first-order chi connectivity index (χ1) is 8.38. The van der Waals surface area contributed by atoms with Gasteiger partial charge in [-0.3, -0.25) is 4.90 Å². The first-order valence-corrected chi connectivity index (χ1v) is 6.89. The highest BCUT2D eigenvalue weighted by atomic mass is 15.6. The lowest BCUT2D eigenvalue weighted by atomic mass is 10.0. The van der Waals surface area contributed by atoms with E-state index in [1.165, 1.54) is 45.1 Å². The molecular formula is C12H21N5. The van der Waals surface area contributed by atoms with Gasteiger partial charge in [0.05, 0.1) is 12.6 Å². The Balaban J connectivity index is 1.69. The summed E-state index contributed by atoms with van der Waals surface area (Å²) in [5.41, 5.74) is 0. The maximum Gasteiger partial charge on any atom is 0.165 e. The van der Waals surface area contributed by atoms with Crippen LogP contribution in [-0.4, -0.2) is 37.7 Å². The van der Waals surface area contributed by atoms with Gasteiger partial charge in [0.15, 0.2) is 5.82 Å². The van der Waals surface area contributed by atoms with Crippen LogP contribution in [0.4, 0.5) is 0 Å². The minimum atomic E-state index is 0.588. The summed E-state index contributed by atoms with van der Waals surface area (Å²) in [6.45, 7) is 4.42. The van der Waals surface area contributed by atoms with Crippen LogP contribution < -0.4 is 0 Å². The molecule has 0 amide bonds. The van der Waals surface area contributed by atoms with Crippen molar-refractivity contribution < 1.29 is 0 Å². The van der Waals surface area contributed by atoms with E-state index in [-0.39, 0.29) is 0 Å². The molecule has 0 spiro atoms. The number of piperidine rings is 1. The fourth-order valence-electron chi connectivity index (χ4n) is 2.83. The predicted molar refractivity (Wildman–Crippen MR) is 64.4 cm³/mol. The highest BCUT2D eigenvalue weighted by molar-refractivity contribution is 4.91. The summed E-state index contributed by atoms with van der Waals surface area (Å²) in [5.74, 6) is 1.06. The summed E-state index contributed by atoms with van der Waals surface area (Å²) < 4.78 is 2.04. The molecular weight excluding hydrogens is 214 g/mol. The van der Waals surface area contributed by atoms with E-state index < -0.39 is 0 Å². The van der Waals surface area contributed by atoms with E-state index in [0.29, 0.717) is 6.04 Å². The van der Waals surface area contributed by atoms with E-state index in [1.807, 2.05) is 4.68 Å². The molecule has 1 aromatic heterocycles. The second kappa shape index (κ2) is 4.72. The average Bonchev–Trinajstić information content (AvgIpc) is 3.11. The van der Waals surface area contributed by atoms with E-state index in [2.05, 4.69) is 27.3 Å². The van der Waals surface area contributed by atoms with E-state index in [4.69, 9.17) is 0 Å². The summed E-state index contributed by atoms with van der Waals surface area (Å²) in [7, 11) is 0. The molecule has 3 rings (SSSR count). The van der Waals surface area contributed by atoms with Crippen molar-refractivity contribution in [1.82, 2.24) is 25.1 Å². The minimum Gasteiger partial charge on any atom is -0.293 e. The van der Waals surface area contributed by atoms with Crippen molar-refractivity contribution in [2.75, 3.05) is 6.54 Å². The zero-order chi connectivity index (χ0) is 11.7. The SMILES string of the molecule is CC[C@@H]1CCCCN1Cc1nnnn1C1CC1. The van der Waals surface area contributed by atoms with Crippen molar-refractivity contribution in [3.63, 3.8) is 0 Å². The number of aromatic nitrogens is 4. The van der Waals surface area contributed by atoms with Gasteiger partial charge >= 0.3 is 0 Å². The highest BCUT2D eigenvalue weighted by Crippen LogP contribution is 2.34. The summed E-state index contributed by atoms with van der Waals surface area (Å²) in [6.07, 6.45) is 7.76. The normalized spacial score (nSPS) is 26.3. The van der Waals surface area contributed by atoms with Crippen LogP contribution in [0, 0.1) is 0 Å². The molecule has 1 saturated heterocycles. The molecule has 1 atom stereocenters. The lowest BCUT2D eigenvalue weighted by molar-refractivity contribution is 0.130. The third kappa shape index (κ3) is 2.34. The van der Waals surface area contributed by atoms with Gasteiger partial charge in [0, 0.05) is 6.04 Å². The molecule has 1 aromatic rings. The van der Waals surface area contributed by atoms with Crippen LogP contribution in [0.2, 0.25) is 0 Å². The van der Waals surface area contributed by atoms with Gasteiger partial charge in [0.2, 0.25) is 0 Å². The van der Waals surface area contributed by atoms with E-state index in [0.717, 1.165) is 18.4 Å². The molecule has 0 aromatic carbocycles. The summed E-state index contributed by atoms with van der Waals surface area (Å²) >= 11 is 0. The average molecular weight is 235 g/mol. The Morgan fingerprint density at radius 3 is 2.88 bits per heavy atom. The third-order valence-corrected chi connectivity index (χ3v) is 4.02. The molecule has 1 saturated carbocycles. The van der Waals surface area contributed by atoms with E-state index >= 15 is 0 Å². The van der Waals surface area contributed by atoms with Crippen LogP contribution in [0.1, 0.15) is 57.3 Å². The van der Waals surface area contributed by atoms with Crippen LogP contribution in [0.5, 0.6) is 0 Å². The minimum absolute atomic E-state index is 0.588. The van der Waals surface area contributed by atoms with Crippen LogP contribution in [0.25, 0.3) is 0 Å². The molecule has 1 aliphatic carbocycles. The van der Waals surface area contributed by atoms with Crippen molar-refractivity contribution in [3.8, 4) is 0 Å². The Morgan fingerprint density at radius 2 is 2.12 bits per heavy atom. The lowest BCUT2D eigenvalue weighted by Crippen LogP contribution is -2.39. The van der Waals surface area contributed by atoms with Gasteiger partial charge in [0.25, 0.3) is 0 Å². The number of hydrogen-bond acceptors (Lipinski definition) is 4. The summed E-state index contributed by atoms with van der Waals surface area (Å²) in [4.78, 5) is 2.56. The number of tetrazole rings is 1. The maximum absolute atomic E-state index is 4.20. The quantitative estimate of drug-likeness (QED) is 0.798. The highest BCUT2D eigenvalue weighted by Gasteiger charge is 2.29. The molecule has 17 heavy (non-hydrogen) atoms. The molecule has 0 N–H and O–H groups in total. The molecule has 94 valence electrons. The summed E-state index contributed by atoms with van der Waals surface area (Å²) in [6, 6.07) is 1.32. The van der Waals surface area contributed by atoms with Gasteiger partial charge in [-0.15, -0.1) is 5.10 Å². The van der Waals surface area contributed by atoms with Gasteiger partial charge in [-0.2, -0.15) is 0 Å². The fraction of sp³-hybridized carbons (Fsp3) is 0.917. The zero-order valence-electron chi connectivity index (χ0n) is 10.5. The van der Waals surface area contributed by atoms with Crippen LogP contribution in [-0.2, 0) is 6.54 Å². The Hall–Kier alpha value is -0.970. The number of rotatable bonds is 4. The Morgan fingerprint density at radius 1 is 1.24 bits per heavy atom. The van der Waals surface area contributed by atoms with Crippen molar-refractivity contribution >= 4 is 0 Å². The van der Waals surface area contributed by atoms with E-state index in [1.54, 1.807) is 0 Å². The van der Waals surface area contributed by atoms with Crippen molar-refractivity contribution in [2.24, 2.45) is 0 Å². The Labute approximate surface area is 102 Å². The molecule has 0 radical (unpaired) electrons. The lowest BCUT2D eigenvalue weighted by Gasteiger charge is -2.34. The molecule has 0 bridgehead atoms. The monoisotopic (exact) mass is 235 g/mol. The van der Waals surface area contributed by atoms with Gasteiger partial charge in [-0.1, -0.05) is 13.3 Å². The molecule has 2 fully saturated rings. The van der Waals surface area contributed by atoms with Crippen molar-refractivity contribution in [1.29, 1.82) is 0 Å². The Bertz CT molecular complexity index is 371. The van der Waals surface area contributed by atoms with Crippen LogP contribution >= 0.6 is 0 Å². The second-order valence-electron chi connectivity index (χ2n) is 5.30. The molecule has 5 heteroatoms. The number of hydrogen-bond donors (Lipinski definition) is 0. The number of nitrogens with zero attached hydrogens (tertiary/aromatic N) is 5. The fourth-order valence-corrected chi connectivity index (χ4v) is 2.83. The summed E-state index contributed by atoms with van der Waals surface area (Å²) in [5, 5.41) is 12.2. The predicted octanol–water partition coefficient (Wildman–Crippen LogP) is 1.77. The van der Waals surface area contributed by atoms with Crippen LogP contribution in [0.3, 0.4) is 0 Å². The largest absolute Gasteiger partial charge is 0.293 e. The van der Waals surface area contributed by atoms with Gasteiger partial charge in [-0.25, -0.2) is 4.68 Å². The smallest absolute Gasteiger partial charge is 0.165 e. The first-order valence-electron chi connectivity index (χ1n) is 6.89. The first kappa shape index (κ1) is 11.1.